The zero-order valence-corrected chi connectivity index (χ0v) is 19.2. The second kappa shape index (κ2) is 7.74. The highest BCUT2D eigenvalue weighted by Gasteiger charge is 2.51. The molecule has 0 bridgehead atoms. The SMILES string of the molecule is CN1CCN(C(=O)c2cc3cc(NC(=O)C4(c5ccc6c(c5)OCO6)CC4)ccc3s2)CC1. The third-order valence-electron chi connectivity index (χ3n) is 6.89. The van der Waals surface area contributed by atoms with E-state index in [2.05, 4.69) is 17.3 Å². The number of rotatable bonds is 4. The Labute approximate surface area is 195 Å². The van der Waals surface area contributed by atoms with Crippen molar-refractivity contribution in [2.75, 3.05) is 45.3 Å². The van der Waals surface area contributed by atoms with Crippen LogP contribution in [-0.4, -0.2) is 61.6 Å². The van der Waals surface area contributed by atoms with Crippen molar-refractivity contribution in [3.63, 3.8) is 0 Å². The number of carbonyl (C=O) groups excluding carboxylic acids is 2. The molecule has 1 saturated carbocycles. The van der Waals surface area contributed by atoms with Gasteiger partial charge < -0.3 is 24.6 Å². The number of benzene rings is 2. The highest BCUT2D eigenvalue weighted by atomic mass is 32.1. The van der Waals surface area contributed by atoms with Crippen LogP contribution in [0.4, 0.5) is 5.69 Å². The summed E-state index contributed by atoms with van der Waals surface area (Å²) in [7, 11) is 2.08. The number of piperazine rings is 1. The highest BCUT2D eigenvalue weighted by molar-refractivity contribution is 7.20. The molecule has 1 N–H and O–H groups in total. The molecular formula is C25H25N3O4S. The van der Waals surface area contributed by atoms with Crippen LogP contribution in [0, 0.1) is 0 Å². The van der Waals surface area contributed by atoms with Crippen LogP contribution < -0.4 is 14.8 Å². The first kappa shape index (κ1) is 20.5. The normalized spacial score (nSPS) is 19.0. The fourth-order valence-electron chi connectivity index (χ4n) is 4.61. The van der Waals surface area contributed by atoms with Crippen LogP contribution in [0.2, 0.25) is 0 Å². The Hall–Kier alpha value is -3.10. The number of amides is 2. The largest absolute Gasteiger partial charge is 0.454 e. The molecule has 0 radical (unpaired) electrons. The van der Waals surface area contributed by atoms with Crippen LogP contribution in [0.25, 0.3) is 10.1 Å². The number of anilines is 1. The second-order valence-corrected chi connectivity index (χ2v) is 10.1. The second-order valence-electron chi connectivity index (χ2n) is 9.06. The van der Waals surface area contributed by atoms with E-state index in [9.17, 15) is 9.59 Å². The predicted molar refractivity (Wildman–Crippen MR) is 127 cm³/mol. The monoisotopic (exact) mass is 463 g/mol. The van der Waals surface area contributed by atoms with Gasteiger partial charge in [0.15, 0.2) is 11.5 Å². The molecule has 6 rings (SSSR count). The minimum atomic E-state index is -0.521. The number of carbonyl (C=O) groups is 2. The van der Waals surface area contributed by atoms with Crippen LogP contribution in [0.3, 0.4) is 0 Å². The van der Waals surface area contributed by atoms with E-state index < -0.39 is 5.41 Å². The maximum atomic E-state index is 13.2. The van der Waals surface area contributed by atoms with Crippen molar-refractivity contribution < 1.29 is 19.1 Å². The van der Waals surface area contributed by atoms with Gasteiger partial charge in [-0.3, -0.25) is 9.59 Å². The lowest BCUT2D eigenvalue weighted by Gasteiger charge is -2.32. The van der Waals surface area contributed by atoms with E-state index in [-0.39, 0.29) is 18.6 Å². The lowest BCUT2D eigenvalue weighted by Crippen LogP contribution is -2.46. The molecule has 0 unspecified atom stereocenters. The number of thiophene rings is 1. The first-order valence-electron chi connectivity index (χ1n) is 11.2. The van der Waals surface area contributed by atoms with Gasteiger partial charge in [0.05, 0.1) is 10.3 Å². The smallest absolute Gasteiger partial charge is 0.264 e. The van der Waals surface area contributed by atoms with Crippen LogP contribution >= 0.6 is 11.3 Å². The van der Waals surface area contributed by atoms with E-state index in [1.807, 2.05) is 47.4 Å². The standard InChI is InChI=1S/C25H25N3O4S/c1-27-8-10-28(11-9-27)23(29)22-13-16-12-18(3-5-21(16)33-22)26-24(30)25(6-7-25)17-2-4-19-20(14-17)32-15-31-19/h2-5,12-14H,6-11,15H2,1H3,(H,26,30). The van der Waals surface area contributed by atoms with Crippen molar-refractivity contribution in [2.45, 2.75) is 18.3 Å². The summed E-state index contributed by atoms with van der Waals surface area (Å²) in [5.74, 6) is 1.50. The summed E-state index contributed by atoms with van der Waals surface area (Å²) in [5, 5.41) is 4.08. The molecule has 0 atom stereocenters. The van der Waals surface area contributed by atoms with Gasteiger partial charge in [0.2, 0.25) is 12.7 Å². The Bertz CT molecular complexity index is 1260. The Morgan fingerprint density at radius 3 is 2.55 bits per heavy atom. The number of likely N-dealkylation sites (N-methyl/N-ethyl adjacent to an activating group) is 1. The average molecular weight is 464 g/mol. The van der Waals surface area contributed by atoms with Crippen molar-refractivity contribution in [2.24, 2.45) is 0 Å². The van der Waals surface area contributed by atoms with Gasteiger partial charge in [0.1, 0.15) is 0 Å². The van der Waals surface area contributed by atoms with Gasteiger partial charge in [-0.1, -0.05) is 6.07 Å². The summed E-state index contributed by atoms with van der Waals surface area (Å²) in [6, 6.07) is 13.6. The topological polar surface area (TPSA) is 71.1 Å². The van der Waals surface area contributed by atoms with Crippen molar-refractivity contribution in [3.8, 4) is 11.5 Å². The van der Waals surface area contributed by atoms with E-state index in [1.165, 1.54) is 11.3 Å². The Kier molecular flexibility index (Phi) is 4.81. The van der Waals surface area contributed by atoms with E-state index in [0.29, 0.717) is 5.75 Å². The summed E-state index contributed by atoms with van der Waals surface area (Å²) in [4.78, 5) is 31.1. The molecule has 1 saturated heterocycles. The molecule has 2 aromatic carbocycles. The Balaban J connectivity index is 1.20. The molecule has 1 aromatic heterocycles. The summed E-state index contributed by atoms with van der Waals surface area (Å²) in [6.45, 7) is 3.54. The maximum absolute atomic E-state index is 13.2. The lowest BCUT2D eigenvalue weighted by atomic mass is 9.94. The van der Waals surface area contributed by atoms with Gasteiger partial charge in [0, 0.05) is 36.6 Å². The van der Waals surface area contributed by atoms with Gasteiger partial charge >= 0.3 is 0 Å². The molecule has 7 nitrogen and oxygen atoms in total. The number of nitrogens with one attached hydrogen (secondary N) is 1. The van der Waals surface area contributed by atoms with Gasteiger partial charge in [-0.25, -0.2) is 0 Å². The van der Waals surface area contributed by atoms with Gasteiger partial charge in [-0.15, -0.1) is 11.3 Å². The summed E-state index contributed by atoms with van der Waals surface area (Å²) < 4.78 is 11.9. The van der Waals surface area contributed by atoms with Crippen molar-refractivity contribution in [3.05, 3.63) is 52.9 Å². The van der Waals surface area contributed by atoms with Gasteiger partial charge in [-0.2, -0.15) is 0 Å². The van der Waals surface area contributed by atoms with Crippen LogP contribution in [0.15, 0.2) is 42.5 Å². The number of nitrogens with zero attached hydrogens (tertiary/aromatic N) is 2. The molecule has 2 amide bonds. The molecule has 3 heterocycles. The quantitative estimate of drug-likeness (QED) is 0.639. The first-order chi connectivity index (χ1) is 16.0. The fraction of sp³-hybridized carbons (Fsp3) is 0.360. The number of hydrogen-bond donors (Lipinski definition) is 1. The molecule has 8 heteroatoms. The fourth-order valence-corrected chi connectivity index (χ4v) is 5.62. The van der Waals surface area contributed by atoms with E-state index in [1.54, 1.807) is 0 Å². The third kappa shape index (κ3) is 3.63. The molecule has 2 fully saturated rings. The molecular weight excluding hydrogens is 438 g/mol. The molecule has 0 spiro atoms. The van der Waals surface area contributed by atoms with Crippen molar-refractivity contribution in [1.29, 1.82) is 0 Å². The summed E-state index contributed by atoms with van der Waals surface area (Å²) >= 11 is 1.51. The number of ether oxygens (including phenoxy) is 2. The summed E-state index contributed by atoms with van der Waals surface area (Å²) in [6.07, 6.45) is 1.62. The summed E-state index contributed by atoms with van der Waals surface area (Å²) in [5.41, 5.74) is 1.18. The molecule has 170 valence electrons. The molecule has 33 heavy (non-hydrogen) atoms. The Morgan fingerprint density at radius 1 is 0.970 bits per heavy atom. The minimum Gasteiger partial charge on any atom is -0.454 e. The number of hydrogen-bond acceptors (Lipinski definition) is 6. The van der Waals surface area contributed by atoms with E-state index >= 15 is 0 Å². The van der Waals surface area contributed by atoms with Crippen LogP contribution in [-0.2, 0) is 10.2 Å². The predicted octanol–water partition coefficient (Wildman–Crippen LogP) is 3.69. The third-order valence-corrected chi connectivity index (χ3v) is 7.99. The van der Waals surface area contributed by atoms with Crippen LogP contribution in [0.5, 0.6) is 11.5 Å². The average Bonchev–Trinajstić information content (AvgIpc) is 3.32. The van der Waals surface area contributed by atoms with Crippen molar-refractivity contribution in [1.82, 2.24) is 9.80 Å². The minimum absolute atomic E-state index is 0.00955. The zero-order valence-electron chi connectivity index (χ0n) is 18.4. The van der Waals surface area contributed by atoms with Gasteiger partial charge in [-0.05, 0) is 67.2 Å². The van der Waals surface area contributed by atoms with Crippen molar-refractivity contribution >= 4 is 38.9 Å². The molecule has 2 aliphatic heterocycles. The zero-order chi connectivity index (χ0) is 22.6. The van der Waals surface area contributed by atoms with Crippen LogP contribution in [0.1, 0.15) is 28.1 Å². The van der Waals surface area contributed by atoms with E-state index in [4.69, 9.17) is 9.47 Å². The Morgan fingerprint density at radius 2 is 1.76 bits per heavy atom. The molecule has 1 aliphatic carbocycles. The van der Waals surface area contributed by atoms with E-state index in [0.717, 1.165) is 71.0 Å². The molecule has 3 aromatic rings. The lowest BCUT2D eigenvalue weighted by molar-refractivity contribution is -0.118. The molecule has 3 aliphatic rings. The maximum Gasteiger partial charge on any atom is 0.264 e. The van der Waals surface area contributed by atoms with Gasteiger partial charge in [0.25, 0.3) is 5.91 Å². The first-order valence-corrected chi connectivity index (χ1v) is 12.1. The number of fused-ring (bicyclic) bond motifs is 2. The highest BCUT2D eigenvalue weighted by Crippen LogP contribution is 2.51.